The van der Waals surface area contributed by atoms with Crippen LogP contribution < -0.4 is 0 Å². The fourth-order valence-corrected chi connectivity index (χ4v) is 3.31. The van der Waals surface area contributed by atoms with Crippen LogP contribution in [0.25, 0.3) is 11.4 Å². The van der Waals surface area contributed by atoms with E-state index in [-0.39, 0.29) is 12.1 Å². The molecule has 0 aliphatic carbocycles. The van der Waals surface area contributed by atoms with Crippen LogP contribution >= 0.6 is 11.6 Å². The van der Waals surface area contributed by atoms with Crippen LogP contribution in [0.5, 0.6) is 0 Å². The molecule has 1 aromatic heterocycles. The molecule has 2 aromatic carbocycles. The molecule has 27 heavy (non-hydrogen) atoms. The molecule has 0 atom stereocenters. The highest BCUT2D eigenvalue weighted by molar-refractivity contribution is 6.30. The smallest absolute Gasteiger partial charge is 0.166 e. The second-order valence-corrected chi connectivity index (χ2v) is 6.89. The topological polar surface area (TPSA) is 29.0 Å². The van der Waals surface area contributed by atoms with Crippen molar-refractivity contribution < 1.29 is 13.2 Å². The maximum Gasteiger partial charge on any atom is 0.166 e. The molecule has 0 N–H and O–H groups in total. The fourth-order valence-electron chi connectivity index (χ4n) is 3.19. The van der Waals surface area contributed by atoms with Crippen molar-refractivity contribution in [2.24, 2.45) is 0 Å². The van der Waals surface area contributed by atoms with Gasteiger partial charge in [0.2, 0.25) is 0 Å². The Balaban J connectivity index is 1.54. The SMILES string of the molecule is Fc1ccc(F)c(CN2CCc3nc(-c4ccc(Cl)cc4)ncc3C2)c1F. The number of rotatable bonds is 3. The van der Waals surface area contributed by atoms with Gasteiger partial charge in [0.15, 0.2) is 17.5 Å². The van der Waals surface area contributed by atoms with Crippen LogP contribution in [0.3, 0.4) is 0 Å². The van der Waals surface area contributed by atoms with E-state index in [4.69, 9.17) is 11.6 Å². The number of fused-ring (bicyclic) bond motifs is 1. The average molecular weight is 390 g/mol. The summed E-state index contributed by atoms with van der Waals surface area (Å²) in [5.74, 6) is -2.30. The maximum absolute atomic E-state index is 13.9. The van der Waals surface area contributed by atoms with E-state index in [2.05, 4.69) is 9.97 Å². The first kappa shape index (κ1) is 17.9. The van der Waals surface area contributed by atoms with Crippen LogP contribution in [0.4, 0.5) is 13.2 Å². The number of benzene rings is 2. The van der Waals surface area contributed by atoms with Gasteiger partial charge in [0, 0.05) is 54.0 Å². The average Bonchev–Trinajstić information content (AvgIpc) is 2.68. The highest BCUT2D eigenvalue weighted by Crippen LogP contribution is 2.25. The Morgan fingerprint density at radius 3 is 2.52 bits per heavy atom. The zero-order chi connectivity index (χ0) is 19.0. The van der Waals surface area contributed by atoms with E-state index >= 15 is 0 Å². The molecule has 0 fully saturated rings. The second-order valence-electron chi connectivity index (χ2n) is 6.45. The number of hydrogen-bond donors (Lipinski definition) is 0. The van der Waals surface area contributed by atoms with Gasteiger partial charge in [-0.2, -0.15) is 0 Å². The van der Waals surface area contributed by atoms with E-state index in [9.17, 15) is 13.2 Å². The summed E-state index contributed by atoms with van der Waals surface area (Å²) in [7, 11) is 0. The second kappa shape index (κ2) is 7.29. The van der Waals surface area contributed by atoms with Crippen LogP contribution in [-0.4, -0.2) is 21.4 Å². The van der Waals surface area contributed by atoms with E-state index in [1.54, 1.807) is 18.3 Å². The number of aromatic nitrogens is 2. The number of nitrogens with zero attached hydrogens (tertiary/aromatic N) is 3. The largest absolute Gasteiger partial charge is 0.294 e. The zero-order valence-corrected chi connectivity index (χ0v) is 15.0. The molecule has 0 unspecified atom stereocenters. The molecule has 0 saturated carbocycles. The van der Waals surface area contributed by atoms with Crippen LogP contribution in [-0.2, 0) is 19.5 Å². The predicted molar refractivity (Wildman–Crippen MR) is 96.6 cm³/mol. The molecule has 0 amide bonds. The van der Waals surface area contributed by atoms with Gasteiger partial charge in [0.1, 0.15) is 5.82 Å². The molecule has 7 heteroatoms. The highest BCUT2D eigenvalue weighted by atomic mass is 35.5. The Morgan fingerprint density at radius 1 is 1.00 bits per heavy atom. The lowest BCUT2D eigenvalue weighted by atomic mass is 10.1. The first-order valence-corrected chi connectivity index (χ1v) is 8.84. The molecular weight excluding hydrogens is 375 g/mol. The summed E-state index contributed by atoms with van der Waals surface area (Å²) in [5.41, 5.74) is 2.42. The first-order valence-electron chi connectivity index (χ1n) is 8.47. The van der Waals surface area contributed by atoms with Gasteiger partial charge in [0.05, 0.1) is 5.69 Å². The number of halogens is 4. The molecule has 3 nitrogen and oxygen atoms in total. The van der Waals surface area contributed by atoms with Crippen LogP contribution in [0.1, 0.15) is 16.8 Å². The molecule has 138 valence electrons. The van der Waals surface area contributed by atoms with Crippen molar-refractivity contribution in [2.75, 3.05) is 6.54 Å². The third-order valence-corrected chi connectivity index (χ3v) is 4.89. The zero-order valence-electron chi connectivity index (χ0n) is 14.2. The van der Waals surface area contributed by atoms with Gasteiger partial charge in [0.25, 0.3) is 0 Å². The summed E-state index contributed by atoms with van der Waals surface area (Å²) in [5, 5.41) is 0.643. The molecular formula is C20H15ClF3N3. The van der Waals surface area contributed by atoms with Crippen molar-refractivity contribution in [1.82, 2.24) is 14.9 Å². The van der Waals surface area contributed by atoms with E-state index in [0.717, 1.165) is 29.0 Å². The molecule has 0 saturated heterocycles. The van der Waals surface area contributed by atoms with Crippen molar-refractivity contribution in [3.63, 3.8) is 0 Å². The Bertz CT molecular complexity index is 993. The van der Waals surface area contributed by atoms with Gasteiger partial charge in [-0.15, -0.1) is 0 Å². The Kier molecular flexibility index (Phi) is 4.85. The van der Waals surface area contributed by atoms with Crippen LogP contribution in [0.15, 0.2) is 42.6 Å². The fraction of sp³-hybridized carbons (Fsp3) is 0.200. The van der Waals surface area contributed by atoms with Crippen molar-refractivity contribution >= 4 is 11.6 Å². The van der Waals surface area contributed by atoms with Gasteiger partial charge < -0.3 is 0 Å². The van der Waals surface area contributed by atoms with Crippen molar-refractivity contribution in [2.45, 2.75) is 19.5 Å². The highest BCUT2D eigenvalue weighted by Gasteiger charge is 2.22. The first-order chi connectivity index (χ1) is 13.0. The Hall–Kier alpha value is -2.44. The van der Waals surface area contributed by atoms with Crippen LogP contribution in [0.2, 0.25) is 5.02 Å². The van der Waals surface area contributed by atoms with E-state index in [1.165, 1.54) is 0 Å². The Labute approximate surface area is 159 Å². The minimum atomic E-state index is -1.13. The summed E-state index contributed by atoms with van der Waals surface area (Å²) >= 11 is 5.91. The summed E-state index contributed by atoms with van der Waals surface area (Å²) in [6.07, 6.45) is 2.35. The van der Waals surface area contributed by atoms with Crippen molar-refractivity contribution in [1.29, 1.82) is 0 Å². The molecule has 0 bridgehead atoms. The van der Waals surface area contributed by atoms with E-state index < -0.39 is 17.5 Å². The third kappa shape index (κ3) is 3.68. The monoisotopic (exact) mass is 389 g/mol. The van der Waals surface area contributed by atoms with Gasteiger partial charge >= 0.3 is 0 Å². The van der Waals surface area contributed by atoms with E-state index in [0.29, 0.717) is 30.4 Å². The minimum Gasteiger partial charge on any atom is -0.294 e. The standard InChI is InChI=1S/C20H15ClF3N3/c21-14-3-1-12(2-4-14)20-25-9-13-10-27(8-7-18(13)26-20)11-15-16(22)5-6-17(23)19(15)24/h1-6,9H,7-8,10-11H2. The lowest BCUT2D eigenvalue weighted by molar-refractivity contribution is 0.234. The Morgan fingerprint density at radius 2 is 1.74 bits per heavy atom. The van der Waals surface area contributed by atoms with Crippen molar-refractivity contribution in [3.05, 3.63) is 81.9 Å². The lowest BCUT2D eigenvalue weighted by Gasteiger charge is -2.28. The molecule has 2 heterocycles. The molecule has 1 aliphatic heterocycles. The summed E-state index contributed by atoms with van der Waals surface area (Å²) < 4.78 is 41.2. The third-order valence-electron chi connectivity index (χ3n) is 4.64. The van der Waals surface area contributed by atoms with Crippen molar-refractivity contribution in [3.8, 4) is 11.4 Å². The van der Waals surface area contributed by atoms with E-state index in [1.807, 2.05) is 17.0 Å². The molecule has 1 aliphatic rings. The molecule has 0 radical (unpaired) electrons. The van der Waals surface area contributed by atoms with Crippen LogP contribution in [0, 0.1) is 17.5 Å². The lowest BCUT2D eigenvalue weighted by Crippen LogP contribution is -2.31. The summed E-state index contributed by atoms with van der Waals surface area (Å²) in [6.45, 7) is 1.01. The summed E-state index contributed by atoms with van der Waals surface area (Å²) in [4.78, 5) is 10.9. The van der Waals surface area contributed by atoms with Gasteiger partial charge in [-0.1, -0.05) is 11.6 Å². The van der Waals surface area contributed by atoms with Gasteiger partial charge in [-0.25, -0.2) is 23.1 Å². The predicted octanol–water partition coefficient (Wildman–Crippen LogP) is 4.77. The minimum absolute atomic E-state index is 0.00615. The number of hydrogen-bond acceptors (Lipinski definition) is 3. The van der Waals surface area contributed by atoms with Gasteiger partial charge in [-0.05, 0) is 36.4 Å². The van der Waals surface area contributed by atoms with Gasteiger partial charge in [-0.3, -0.25) is 4.90 Å². The molecule has 3 aromatic rings. The quantitative estimate of drug-likeness (QED) is 0.604. The molecule has 4 rings (SSSR count). The maximum atomic E-state index is 13.9. The summed E-state index contributed by atoms with van der Waals surface area (Å²) in [6, 6.07) is 9.02. The molecule has 0 spiro atoms. The normalized spacial score (nSPS) is 14.2.